The van der Waals surface area contributed by atoms with Crippen LogP contribution in [0.15, 0.2) is 42.5 Å². The van der Waals surface area contributed by atoms with Gasteiger partial charge in [-0.05, 0) is 43.2 Å². The monoisotopic (exact) mass is 379 g/mol. The quantitative estimate of drug-likeness (QED) is 0.621. The Morgan fingerprint density at radius 3 is 2.48 bits per heavy atom. The molecule has 0 fully saturated rings. The number of hydrogen-bond donors (Lipinski definition) is 2. The van der Waals surface area contributed by atoms with Gasteiger partial charge in [-0.25, -0.2) is 8.78 Å². The highest BCUT2D eigenvalue weighted by Crippen LogP contribution is 2.26. The number of nitrogens with one attached hydrogen (secondary N) is 1. The van der Waals surface area contributed by atoms with Crippen LogP contribution in [0.25, 0.3) is 0 Å². The summed E-state index contributed by atoms with van der Waals surface area (Å²) in [7, 11) is 0. The molecule has 0 saturated heterocycles. The molecular weight excluding hydrogens is 356 g/mol. The van der Waals surface area contributed by atoms with E-state index in [1.165, 1.54) is 6.07 Å². The second-order valence-corrected chi connectivity index (χ2v) is 5.83. The average Bonchev–Trinajstić information content (AvgIpc) is 2.67. The highest BCUT2D eigenvalue weighted by atomic mass is 19.2. The summed E-state index contributed by atoms with van der Waals surface area (Å²) in [5.74, 6) is -1.02. The van der Waals surface area contributed by atoms with Crippen LogP contribution in [0.2, 0.25) is 0 Å². The van der Waals surface area contributed by atoms with E-state index in [0.29, 0.717) is 31.1 Å². The third-order valence-corrected chi connectivity index (χ3v) is 3.78. The van der Waals surface area contributed by atoms with Gasteiger partial charge in [-0.3, -0.25) is 4.79 Å². The Balaban J connectivity index is 1.70. The van der Waals surface area contributed by atoms with Crippen molar-refractivity contribution in [3.63, 3.8) is 0 Å². The molecule has 0 aliphatic carbocycles. The summed E-state index contributed by atoms with van der Waals surface area (Å²) in [6.07, 6.45) is -0.423. The van der Waals surface area contributed by atoms with Gasteiger partial charge in [0, 0.05) is 13.0 Å². The standard InChI is InChI=1S/C20H23F2NO4/c1-2-26-18-6-3-4-7-19(18)27-11-5-8-20(25)23-13-17(24)14-9-10-15(21)16(22)12-14/h3-4,6-7,9-10,12,17,24H,2,5,8,11,13H2,1H3,(H,23,25). The largest absolute Gasteiger partial charge is 0.490 e. The molecule has 0 aromatic heterocycles. The van der Waals surface area contributed by atoms with Crippen molar-refractivity contribution in [1.29, 1.82) is 0 Å². The van der Waals surface area contributed by atoms with E-state index in [-0.39, 0.29) is 24.4 Å². The SMILES string of the molecule is CCOc1ccccc1OCCCC(=O)NCC(O)c1ccc(F)c(F)c1. The topological polar surface area (TPSA) is 67.8 Å². The summed E-state index contributed by atoms with van der Waals surface area (Å²) >= 11 is 0. The van der Waals surface area contributed by atoms with E-state index in [9.17, 15) is 18.7 Å². The number of ether oxygens (including phenoxy) is 2. The first kappa shape index (κ1) is 20.6. The number of para-hydroxylation sites is 2. The lowest BCUT2D eigenvalue weighted by molar-refractivity contribution is -0.121. The van der Waals surface area contributed by atoms with Crippen molar-refractivity contribution >= 4 is 5.91 Å². The molecule has 0 aliphatic rings. The Kier molecular flexibility index (Phi) is 8.00. The molecule has 7 heteroatoms. The van der Waals surface area contributed by atoms with E-state index in [4.69, 9.17) is 9.47 Å². The van der Waals surface area contributed by atoms with Gasteiger partial charge in [-0.1, -0.05) is 18.2 Å². The van der Waals surface area contributed by atoms with Crippen molar-refractivity contribution in [3.05, 3.63) is 59.7 Å². The van der Waals surface area contributed by atoms with E-state index in [2.05, 4.69) is 5.32 Å². The molecule has 146 valence electrons. The van der Waals surface area contributed by atoms with Crippen molar-refractivity contribution in [2.75, 3.05) is 19.8 Å². The van der Waals surface area contributed by atoms with Crippen molar-refractivity contribution in [2.45, 2.75) is 25.9 Å². The van der Waals surface area contributed by atoms with Gasteiger partial charge >= 0.3 is 0 Å². The average molecular weight is 379 g/mol. The Morgan fingerprint density at radius 2 is 1.81 bits per heavy atom. The molecule has 27 heavy (non-hydrogen) atoms. The Hall–Kier alpha value is -2.67. The number of carbonyl (C=O) groups excluding carboxylic acids is 1. The Morgan fingerprint density at radius 1 is 1.11 bits per heavy atom. The van der Waals surface area contributed by atoms with Crippen LogP contribution in [0, 0.1) is 11.6 Å². The lowest BCUT2D eigenvalue weighted by atomic mass is 10.1. The fourth-order valence-corrected chi connectivity index (χ4v) is 2.40. The van der Waals surface area contributed by atoms with Crippen LogP contribution in [-0.4, -0.2) is 30.8 Å². The lowest BCUT2D eigenvalue weighted by Crippen LogP contribution is -2.28. The fraction of sp³-hybridized carbons (Fsp3) is 0.350. The molecule has 2 aromatic rings. The third kappa shape index (κ3) is 6.53. The van der Waals surface area contributed by atoms with Crippen molar-refractivity contribution in [3.8, 4) is 11.5 Å². The molecule has 1 unspecified atom stereocenters. The Bertz CT molecular complexity index is 755. The fourth-order valence-electron chi connectivity index (χ4n) is 2.40. The minimum Gasteiger partial charge on any atom is -0.490 e. The number of amides is 1. The van der Waals surface area contributed by atoms with E-state index < -0.39 is 17.7 Å². The molecule has 0 saturated carbocycles. The maximum absolute atomic E-state index is 13.2. The number of aliphatic hydroxyl groups is 1. The summed E-state index contributed by atoms with van der Waals surface area (Å²) in [6.45, 7) is 2.67. The van der Waals surface area contributed by atoms with Gasteiger partial charge < -0.3 is 19.9 Å². The van der Waals surface area contributed by atoms with Gasteiger partial charge in [0.1, 0.15) is 0 Å². The molecule has 0 radical (unpaired) electrons. The highest BCUT2D eigenvalue weighted by molar-refractivity contribution is 5.75. The van der Waals surface area contributed by atoms with Crippen LogP contribution in [0.1, 0.15) is 31.4 Å². The molecule has 2 rings (SSSR count). The predicted octanol–water partition coefficient (Wildman–Crippen LogP) is 3.37. The minimum atomic E-state index is -1.11. The molecule has 0 bridgehead atoms. The first-order chi connectivity index (χ1) is 13.0. The number of aliphatic hydroxyl groups excluding tert-OH is 1. The van der Waals surface area contributed by atoms with Crippen LogP contribution in [0.3, 0.4) is 0 Å². The zero-order valence-corrected chi connectivity index (χ0v) is 15.1. The minimum absolute atomic E-state index is 0.0854. The number of benzene rings is 2. The van der Waals surface area contributed by atoms with Crippen molar-refractivity contribution < 1.29 is 28.2 Å². The predicted molar refractivity (Wildman–Crippen MR) is 96.7 cm³/mol. The number of halogens is 2. The van der Waals surface area contributed by atoms with Gasteiger partial charge in [-0.15, -0.1) is 0 Å². The number of hydrogen-bond acceptors (Lipinski definition) is 4. The van der Waals surface area contributed by atoms with Gasteiger partial charge in [-0.2, -0.15) is 0 Å². The molecule has 2 aromatic carbocycles. The summed E-state index contributed by atoms with van der Waals surface area (Å²) in [4.78, 5) is 11.8. The first-order valence-corrected chi connectivity index (χ1v) is 8.75. The normalized spacial score (nSPS) is 11.7. The molecular formula is C20H23F2NO4. The summed E-state index contributed by atoms with van der Waals surface area (Å²) < 4.78 is 37.1. The maximum atomic E-state index is 13.2. The first-order valence-electron chi connectivity index (χ1n) is 8.75. The maximum Gasteiger partial charge on any atom is 0.220 e. The second kappa shape index (κ2) is 10.5. The molecule has 0 heterocycles. The van der Waals surface area contributed by atoms with Crippen molar-refractivity contribution in [2.24, 2.45) is 0 Å². The zero-order valence-electron chi connectivity index (χ0n) is 15.1. The smallest absolute Gasteiger partial charge is 0.220 e. The van der Waals surface area contributed by atoms with Gasteiger partial charge in [0.2, 0.25) is 5.91 Å². The molecule has 0 aliphatic heterocycles. The number of carbonyl (C=O) groups is 1. The third-order valence-electron chi connectivity index (χ3n) is 3.78. The van der Waals surface area contributed by atoms with Crippen LogP contribution in [-0.2, 0) is 4.79 Å². The van der Waals surface area contributed by atoms with Crippen molar-refractivity contribution in [1.82, 2.24) is 5.32 Å². The van der Waals surface area contributed by atoms with E-state index in [1.807, 2.05) is 25.1 Å². The molecule has 1 atom stereocenters. The van der Waals surface area contributed by atoms with E-state index in [1.54, 1.807) is 6.07 Å². The Labute approximate surface area is 156 Å². The van der Waals surface area contributed by atoms with Crippen LogP contribution < -0.4 is 14.8 Å². The van der Waals surface area contributed by atoms with E-state index >= 15 is 0 Å². The second-order valence-electron chi connectivity index (χ2n) is 5.83. The van der Waals surface area contributed by atoms with Crippen LogP contribution in [0.5, 0.6) is 11.5 Å². The summed E-state index contributed by atoms with van der Waals surface area (Å²) in [5, 5.41) is 12.5. The van der Waals surface area contributed by atoms with Crippen LogP contribution in [0.4, 0.5) is 8.78 Å². The van der Waals surface area contributed by atoms with Gasteiger partial charge in [0.05, 0.1) is 19.3 Å². The number of rotatable bonds is 10. The molecule has 0 spiro atoms. The molecule has 5 nitrogen and oxygen atoms in total. The molecule has 1 amide bonds. The highest BCUT2D eigenvalue weighted by Gasteiger charge is 2.12. The molecule has 2 N–H and O–H groups in total. The lowest BCUT2D eigenvalue weighted by Gasteiger charge is -2.13. The zero-order chi connectivity index (χ0) is 19.6. The summed E-state index contributed by atoms with van der Waals surface area (Å²) in [5.41, 5.74) is 0.199. The van der Waals surface area contributed by atoms with Crippen LogP contribution >= 0.6 is 0 Å². The van der Waals surface area contributed by atoms with Gasteiger partial charge in [0.15, 0.2) is 23.1 Å². The van der Waals surface area contributed by atoms with Gasteiger partial charge in [0.25, 0.3) is 0 Å². The summed E-state index contributed by atoms with van der Waals surface area (Å²) in [6, 6.07) is 10.4. The van der Waals surface area contributed by atoms with E-state index in [0.717, 1.165) is 12.1 Å².